The van der Waals surface area contributed by atoms with Gasteiger partial charge in [0.05, 0.1) is 19.8 Å². The third kappa shape index (κ3) is 3.40. The molecule has 0 amide bonds. The predicted octanol–water partition coefficient (Wildman–Crippen LogP) is 2.75. The Bertz CT molecular complexity index is 489. The minimum atomic E-state index is -4.47. The lowest BCUT2D eigenvalue weighted by molar-refractivity contribution is -0.140. The molecular weight excluding hydrogens is 265 g/mol. The predicted molar refractivity (Wildman–Crippen MR) is 60.0 cm³/mol. The van der Waals surface area contributed by atoms with Gasteiger partial charge in [0.1, 0.15) is 0 Å². The van der Waals surface area contributed by atoms with Crippen LogP contribution in [0.4, 0.5) is 13.2 Å². The fourth-order valence-corrected chi connectivity index (χ4v) is 1.32. The van der Waals surface area contributed by atoms with E-state index < -0.39 is 29.2 Å². The fraction of sp³-hybridized carbons (Fsp3) is 0.250. The molecule has 0 bridgehead atoms. The molecule has 19 heavy (non-hydrogen) atoms. The van der Waals surface area contributed by atoms with Crippen molar-refractivity contribution in [3.8, 4) is 0 Å². The van der Waals surface area contributed by atoms with Gasteiger partial charge in [-0.3, -0.25) is 0 Å². The van der Waals surface area contributed by atoms with E-state index in [1.165, 1.54) is 0 Å². The SMILES string of the molecule is COC(=O)C(OC)=C(O)c1ccc(C(F)(F)F)cc1. The van der Waals surface area contributed by atoms with Gasteiger partial charge in [-0.25, -0.2) is 4.79 Å². The largest absolute Gasteiger partial charge is 0.504 e. The van der Waals surface area contributed by atoms with Crippen LogP contribution in [-0.2, 0) is 20.4 Å². The van der Waals surface area contributed by atoms with E-state index in [1.54, 1.807) is 0 Å². The van der Waals surface area contributed by atoms with E-state index in [0.717, 1.165) is 38.5 Å². The summed E-state index contributed by atoms with van der Waals surface area (Å²) in [5.41, 5.74) is -0.851. The molecule has 1 aromatic rings. The third-order valence-corrected chi connectivity index (χ3v) is 2.28. The number of benzene rings is 1. The zero-order valence-corrected chi connectivity index (χ0v) is 10.1. The summed E-state index contributed by atoms with van der Waals surface area (Å²) in [6, 6.07) is 3.63. The molecule has 0 saturated heterocycles. The van der Waals surface area contributed by atoms with Crippen molar-refractivity contribution >= 4 is 11.7 Å². The van der Waals surface area contributed by atoms with Crippen LogP contribution >= 0.6 is 0 Å². The van der Waals surface area contributed by atoms with Crippen LogP contribution in [0.2, 0.25) is 0 Å². The summed E-state index contributed by atoms with van der Waals surface area (Å²) in [5, 5.41) is 9.75. The van der Waals surface area contributed by atoms with Crippen molar-refractivity contribution in [1.29, 1.82) is 0 Å². The first-order valence-corrected chi connectivity index (χ1v) is 5.04. The lowest BCUT2D eigenvalue weighted by Crippen LogP contribution is -2.10. The minimum absolute atomic E-state index is 0.00949. The van der Waals surface area contributed by atoms with E-state index >= 15 is 0 Å². The maximum absolute atomic E-state index is 12.4. The average molecular weight is 276 g/mol. The van der Waals surface area contributed by atoms with Crippen LogP contribution in [0.3, 0.4) is 0 Å². The smallest absolute Gasteiger partial charge is 0.416 e. The summed E-state index contributed by atoms with van der Waals surface area (Å²) in [5.74, 6) is -2.01. The van der Waals surface area contributed by atoms with E-state index in [9.17, 15) is 23.1 Å². The third-order valence-electron chi connectivity index (χ3n) is 2.28. The summed E-state index contributed by atoms with van der Waals surface area (Å²) in [6.45, 7) is 0. The second-order valence-corrected chi connectivity index (χ2v) is 3.45. The highest BCUT2D eigenvalue weighted by Crippen LogP contribution is 2.30. The molecule has 0 radical (unpaired) electrons. The standard InChI is InChI=1S/C12H11F3O4/c1-18-10(11(17)19-2)9(16)7-3-5-8(6-4-7)12(13,14)15/h3-6,16H,1-2H3. The highest BCUT2D eigenvalue weighted by molar-refractivity contribution is 5.93. The lowest BCUT2D eigenvalue weighted by atomic mass is 10.1. The summed E-state index contributed by atoms with van der Waals surface area (Å²) in [6.07, 6.45) is -4.47. The van der Waals surface area contributed by atoms with Gasteiger partial charge >= 0.3 is 12.1 Å². The molecule has 0 unspecified atom stereocenters. The van der Waals surface area contributed by atoms with Crippen LogP contribution in [0.1, 0.15) is 11.1 Å². The Labute approximate surface area is 107 Å². The van der Waals surface area contributed by atoms with Gasteiger partial charge < -0.3 is 14.6 Å². The molecule has 1 N–H and O–H groups in total. The number of carbonyl (C=O) groups is 1. The zero-order valence-electron chi connectivity index (χ0n) is 10.1. The highest BCUT2D eigenvalue weighted by atomic mass is 19.4. The molecule has 0 saturated carbocycles. The number of carbonyl (C=O) groups excluding carboxylic acids is 1. The van der Waals surface area contributed by atoms with Gasteiger partial charge in [0.15, 0.2) is 5.76 Å². The van der Waals surface area contributed by atoms with Crippen LogP contribution in [0.5, 0.6) is 0 Å². The Morgan fingerprint density at radius 2 is 1.63 bits per heavy atom. The van der Waals surface area contributed by atoms with Crippen molar-refractivity contribution in [3.05, 3.63) is 41.2 Å². The minimum Gasteiger partial charge on any atom is -0.504 e. The van der Waals surface area contributed by atoms with Crippen LogP contribution in [0.25, 0.3) is 5.76 Å². The van der Waals surface area contributed by atoms with Crippen molar-refractivity contribution in [2.75, 3.05) is 14.2 Å². The number of rotatable bonds is 3. The Kier molecular flexibility index (Phi) is 4.42. The number of hydrogen-bond acceptors (Lipinski definition) is 4. The molecular formula is C12H11F3O4. The number of ether oxygens (including phenoxy) is 2. The Balaban J connectivity index is 3.16. The fourth-order valence-electron chi connectivity index (χ4n) is 1.32. The van der Waals surface area contributed by atoms with Gasteiger partial charge in [-0.1, -0.05) is 12.1 Å². The second-order valence-electron chi connectivity index (χ2n) is 3.45. The molecule has 0 fully saturated rings. The summed E-state index contributed by atoms with van der Waals surface area (Å²) in [7, 11) is 2.22. The van der Waals surface area contributed by atoms with Gasteiger partial charge in [0, 0.05) is 5.56 Å². The molecule has 0 aliphatic heterocycles. The highest BCUT2D eigenvalue weighted by Gasteiger charge is 2.30. The summed E-state index contributed by atoms with van der Waals surface area (Å²) >= 11 is 0. The van der Waals surface area contributed by atoms with E-state index in [4.69, 9.17) is 0 Å². The van der Waals surface area contributed by atoms with Crippen LogP contribution in [0.15, 0.2) is 30.0 Å². The molecule has 0 aliphatic rings. The quantitative estimate of drug-likeness (QED) is 0.524. The number of hydrogen-bond donors (Lipinski definition) is 1. The lowest BCUT2D eigenvalue weighted by Gasteiger charge is -2.09. The first-order valence-electron chi connectivity index (χ1n) is 5.04. The summed E-state index contributed by atoms with van der Waals surface area (Å²) < 4.78 is 46.1. The molecule has 0 atom stereocenters. The first-order chi connectivity index (χ1) is 8.81. The number of halogens is 3. The molecule has 1 aromatic carbocycles. The molecule has 0 spiro atoms. The Morgan fingerprint density at radius 3 is 2.00 bits per heavy atom. The number of methoxy groups -OCH3 is 2. The molecule has 0 heterocycles. The normalized spacial score (nSPS) is 12.7. The molecule has 104 valence electrons. The Hall–Kier alpha value is -2.18. The van der Waals surface area contributed by atoms with Crippen molar-refractivity contribution in [2.45, 2.75) is 6.18 Å². The number of aliphatic hydroxyl groups is 1. The van der Waals surface area contributed by atoms with Gasteiger partial charge in [0.25, 0.3) is 0 Å². The zero-order chi connectivity index (χ0) is 14.6. The number of esters is 1. The van der Waals surface area contributed by atoms with Crippen molar-refractivity contribution < 1.29 is 32.5 Å². The van der Waals surface area contributed by atoms with Gasteiger partial charge in [-0.15, -0.1) is 0 Å². The van der Waals surface area contributed by atoms with Crippen molar-refractivity contribution in [3.63, 3.8) is 0 Å². The van der Waals surface area contributed by atoms with Gasteiger partial charge in [-0.2, -0.15) is 13.2 Å². The van der Waals surface area contributed by atoms with Gasteiger partial charge in [-0.05, 0) is 12.1 Å². The average Bonchev–Trinajstić information content (AvgIpc) is 2.38. The monoisotopic (exact) mass is 276 g/mol. The number of aliphatic hydroxyl groups excluding tert-OH is 1. The first kappa shape index (κ1) is 14.9. The number of alkyl halides is 3. The molecule has 4 nitrogen and oxygen atoms in total. The Morgan fingerprint density at radius 1 is 1.11 bits per heavy atom. The van der Waals surface area contributed by atoms with Crippen LogP contribution in [0, 0.1) is 0 Å². The maximum atomic E-state index is 12.4. The van der Waals surface area contributed by atoms with E-state index in [2.05, 4.69) is 9.47 Å². The van der Waals surface area contributed by atoms with Crippen LogP contribution < -0.4 is 0 Å². The molecule has 7 heteroatoms. The van der Waals surface area contributed by atoms with E-state index in [0.29, 0.717) is 0 Å². The van der Waals surface area contributed by atoms with Gasteiger partial charge in [0.2, 0.25) is 5.76 Å². The topological polar surface area (TPSA) is 55.8 Å². The molecule has 1 rings (SSSR count). The van der Waals surface area contributed by atoms with Crippen LogP contribution in [-0.4, -0.2) is 25.3 Å². The van der Waals surface area contributed by atoms with E-state index in [-0.39, 0.29) is 5.56 Å². The van der Waals surface area contributed by atoms with Crippen molar-refractivity contribution in [1.82, 2.24) is 0 Å². The van der Waals surface area contributed by atoms with Crippen molar-refractivity contribution in [2.24, 2.45) is 0 Å². The maximum Gasteiger partial charge on any atom is 0.416 e. The molecule has 0 aromatic heterocycles. The summed E-state index contributed by atoms with van der Waals surface area (Å²) in [4.78, 5) is 11.2. The second kappa shape index (κ2) is 5.64. The molecule has 0 aliphatic carbocycles. The van der Waals surface area contributed by atoms with E-state index in [1.807, 2.05) is 0 Å².